The van der Waals surface area contributed by atoms with Crippen LogP contribution in [-0.4, -0.2) is 84.1 Å². The highest BCUT2D eigenvalue weighted by Crippen LogP contribution is 2.21. The highest BCUT2D eigenvalue weighted by Gasteiger charge is 2.30. The number of ether oxygens (including phenoxy) is 1. The third kappa shape index (κ3) is 6.73. The first-order valence-electron chi connectivity index (χ1n) is 11.5. The predicted molar refractivity (Wildman–Crippen MR) is 130 cm³/mol. The molecule has 3 amide bonds. The van der Waals surface area contributed by atoms with Gasteiger partial charge in [-0.25, -0.2) is 0 Å². The van der Waals surface area contributed by atoms with E-state index in [0.717, 1.165) is 43.8 Å². The molecule has 1 unspecified atom stereocenters. The molecule has 2 heterocycles. The van der Waals surface area contributed by atoms with E-state index in [1.807, 2.05) is 0 Å². The van der Waals surface area contributed by atoms with Crippen molar-refractivity contribution in [3.8, 4) is 5.75 Å². The number of carbonyl (C=O) groups is 3. The number of likely N-dealkylation sites (tertiary alicyclic amines) is 1. The second kappa shape index (κ2) is 12.4. The van der Waals surface area contributed by atoms with Crippen molar-refractivity contribution in [2.24, 2.45) is 5.92 Å². The lowest BCUT2D eigenvalue weighted by Gasteiger charge is -2.31. The first kappa shape index (κ1) is 25.6. The minimum atomic E-state index is -0.439. The van der Waals surface area contributed by atoms with Crippen molar-refractivity contribution in [1.82, 2.24) is 25.3 Å². The van der Waals surface area contributed by atoms with E-state index >= 15 is 0 Å². The van der Waals surface area contributed by atoms with Crippen molar-refractivity contribution in [3.05, 3.63) is 34.3 Å². The zero-order valence-electron chi connectivity index (χ0n) is 19.9. The minimum absolute atomic E-state index is 0.0264. The fraction of sp³-hybridized carbons (Fsp3) is 0.522. The topological polar surface area (TPSA) is 117 Å². The van der Waals surface area contributed by atoms with Crippen molar-refractivity contribution in [2.75, 3.05) is 51.7 Å². The van der Waals surface area contributed by atoms with Gasteiger partial charge in [0.1, 0.15) is 5.75 Å². The molecule has 2 aromatic rings. The number of hydrogen-bond acceptors (Lipinski definition) is 8. The Bertz CT molecular complexity index is 976. The Morgan fingerprint density at radius 1 is 1.15 bits per heavy atom. The van der Waals surface area contributed by atoms with Crippen LogP contribution in [0.3, 0.4) is 0 Å². The fourth-order valence-corrected chi connectivity index (χ4v) is 4.50. The molecule has 1 fully saturated rings. The molecule has 1 aliphatic heterocycles. The van der Waals surface area contributed by atoms with E-state index in [9.17, 15) is 14.4 Å². The molecule has 1 aromatic carbocycles. The molecule has 11 heteroatoms. The highest BCUT2D eigenvalue weighted by molar-refractivity contribution is 7.15. The average molecular weight is 489 g/mol. The van der Waals surface area contributed by atoms with E-state index in [1.165, 1.54) is 0 Å². The molecule has 0 aliphatic carbocycles. The van der Waals surface area contributed by atoms with E-state index in [4.69, 9.17) is 4.74 Å². The van der Waals surface area contributed by atoms with Gasteiger partial charge in [-0.05, 0) is 50.2 Å². The number of amides is 3. The molecule has 10 nitrogen and oxygen atoms in total. The molecule has 0 saturated carbocycles. The van der Waals surface area contributed by atoms with Gasteiger partial charge in [0.25, 0.3) is 11.8 Å². The van der Waals surface area contributed by atoms with Crippen LogP contribution < -0.4 is 15.4 Å². The van der Waals surface area contributed by atoms with Crippen molar-refractivity contribution in [2.45, 2.75) is 26.7 Å². The first-order valence-corrected chi connectivity index (χ1v) is 12.3. The van der Waals surface area contributed by atoms with Gasteiger partial charge in [-0.3, -0.25) is 14.4 Å². The second-order valence-electron chi connectivity index (χ2n) is 8.00. The van der Waals surface area contributed by atoms with Gasteiger partial charge in [0, 0.05) is 31.9 Å². The Balaban J connectivity index is 1.54. The molecule has 3 rings (SSSR count). The average Bonchev–Trinajstić information content (AvgIpc) is 3.37. The third-order valence-electron chi connectivity index (χ3n) is 5.85. The van der Waals surface area contributed by atoms with Crippen LogP contribution in [0.25, 0.3) is 0 Å². The second-order valence-corrected chi connectivity index (χ2v) is 8.98. The van der Waals surface area contributed by atoms with Crippen molar-refractivity contribution >= 4 is 34.7 Å². The van der Waals surface area contributed by atoms with Gasteiger partial charge in [-0.15, -0.1) is 10.2 Å². The van der Waals surface area contributed by atoms with Gasteiger partial charge in [0.2, 0.25) is 15.9 Å². The number of nitrogens with one attached hydrogen (secondary N) is 2. The summed E-state index contributed by atoms with van der Waals surface area (Å²) in [6.07, 6.45) is 1.48. The van der Waals surface area contributed by atoms with Crippen LogP contribution in [0.5, 0.6) is 5.75 Å². The van der Waals surface area contributed by atoms with E-state index < -0.39 is 5.91 Å². The normalized spacial score (nSPS) is 15.8. The van der Waals surface area contributed by atoms with E-state index in [0.29, 0.717) is 31.1 Å². The summed E-state index contributed by atoms with van der Waals surface area (Å²) in [5, 5.41) is 13.8. The molecule has 34 heavy (non-hydrogen) atoms. The van der Waals surface area contributed by atoms with Crippen LogP contribution in [0.15, 0.2) is 24.3 Å². The van der Waals surface area contributed by atoms with E-state index in [-0.39, 0.29) is 27.7 Å². The number of nitrogens with zero attached hydrogens (tertiary/aromatic N) is 4. The summed E-state index contributed by atoms with van der Waals surface area (Å²) in [6, 6.07) is 6.89. The molecular weight excluding hydrogens is 456 g/mol. The smallest absolute Gasteiger partial charge is 0.286 e. The fourth-order valence-electron chi connectivity index (χ4n) is 3.79. The summed E-state index contributed by atoms with van der Waals surface area (Å²) in [5.74, 6) is -0.340. The van der Waals surface area contributed by atoms with Gasteiger partial charge in [0.15, 0.2) is 0 Å². The van der Waals surface area contributed by atoms with Crippen LogP contribution in [-0.2, 0) is 4.79 Å². The molecule has 1 atom stereocenters. The van der Waals surface area contributed by atoms with Crippen molar-refractivity contribution in [3.63, 3.8) is 0 Å². The summed E-state index contributed by atoms with van der Waals surface area (Å²) in [6.45, 7) is 8.36. The number of piperidine rings is 1. The number of rotatable bonds is 10. The highest BCUT2D eigenvalue weighted by atomic mass is 32.1. The monoisotopic (exact) mass is 488 g/mol. The van der Waals surface area contributed by atoms with Gasteiger partial charge in [-0.1, -0.05) is 25.2 Å². The van der Waals surface area contributed by atoms with Crippen LogP contribution in [0.4, 0.5) is 5.69 Å². The number of anilines is 1. The molecule has 2 N–H and O–H groups in total. The predicted octanol–water partition coefficient (Wildman–Crippen LogP) is 2.11. The first-order chi connectivity index (χ1) is 16.4. The molecule has 1 saturated heterocycles. The molecule has 0 bridgehead atoms. The van der Waals surface area contributed by atoms with Gasteiger partial charge in [0.05, 0.1) is 13.0 Å². The quantitative estimate of drug-likeness (QED) is 0.526. The lowest BCUT2D eigenvalue weighted by Crippen LogP contribution is -2.46. The molecule has 0 radical (unpaired) electrons. The van der Waals surface area contributed by atoms with Gasteiger partial charge >= 0.3 is 0 Å². The third-order valence-corrected chi connectivity index (χ3v) is 6.76. The Kier molecular flexibility index (Phi) is 9.34. The van der Waals surface area contributed by atoms with Crippen molar-refractivity contribution in [1.29, 1.82) is 0 Å². The Hall–Kier alpha value is -3.05. The lowest BCUT2D eigenvalue weighted by atomic mass is 9.97. The summed E-state index contributed by atoms with van der Waals surface area (Å²) < 4.78 is 5.10. The van der Waals surface area contributed by atoms with Crippen LogP contribution >= 0.6 is 11.3 Å². The molecule has 0 spiro atoms. The molecule has 1 aliphatic rings. The Morgan fingerprint density at radius 2 is 1.85 bits per heavy atom. The maximum atomic E-state index is 13.0. The molecule has 1 aromatic heterocycles. The summed E-state index contributed by atoms with van der Waals surface area (Å²) >= 11 is 0.945. The molecule has 184 valence electrons. The number of carbonyl (C=O) groups excluding carboxylic acids is 3. The SMILES string of the molecule is CCN(CC)CCNC(=O)C1CCCN(C(=O)c2nnc(C(=O)Nc3ccc(OC)cc3)s2)C1. The minimum Gasteiger partial charge on any atom is -0.497 e. The number of benzene rings is 1. The largest absolute Gasteiger partial charge is 0.497 e. The number of aromatic nitrogens is 2. The van der Waals surface area contributed by atoms with Crippen LogP contribution in [0.2, 0.25) is 0 Å². The zero-order chi connectivity index (χ0) is 24.5. The standard InChI is InChI=1S/C23H32N6O4S/c1-4-28(5-2)14-12-24-19(30)16-7-6-13-29(15-16)23(32)22-27-26-21(34-22)20(31)25-17-8-10-18(33-3)11-9-17/h8-11,16H,4-7,12-15H2,1-3H3,(H,24,30)(H,25,31). The van der Waals surface area contributed by atoms with Crippen LogP contribution in [0.1, 0.15) is 46.3 Å². The lowest BCUT2D eigenvalue weighted by molar-refractivity contribution is -0.126. The summed E-state index contributed by atoms with van der Waals surface area (Å²) in [4.78, 5) is 41.9. The van der Waals surface area contributed by atoms with Gasteiger partial charge < -0.3 is 25.2 Å². The Labute approximate surface area is 203 Å². The maximum Gasteiger partial charge on any atom is 0.286 e. The van der Waals surface area contributed by atoms with Crippen molar-refractivity contribution < 1.29 is 19.1 Å². The summed E-state index contributed by atoms with van der Waals surface area (Å²) in [7, 11) is 1.57. The van der Waals surface area contributed by atoms with E-state index in [2.05, 4.69) is 39.6 Å². The van der Waals surface area contributed by atoms with Gasteiger partial charge in [-0.2, -0.15) is 0 Å². The number of hydrogen-bond donors (Lipinski definition) is 2. The zero-order valence-corrected chi connectivity index (χ0v) is 20.7. The number of methoxy groups -OCH3 is 1. The van der Waals surface area contributed by atoms with E-state index in [1.54, 1.807) is 36.3 Å². The molecular formula is C23H32N6O4S. The maximum absolute atomic E-state index is 13.0. The number of likely N-dealkylation sites (N-methyl/N-ethyl adjacent to an activating group) is 1. The van der Waals surface area contributed by atoms with Crippen LogP contribution in [0, 0.1) is 5.92 Å². The Morgan fingerprint density at radius 3 is 2.53 bits per heavy atom. The summed E-state index contributed by atoms with van der Waals surface area (Å²) in [5.41, 5.74) is 0.583.